The van der Waals surface area contributed by atoms with Gasteiger partial charge in [-0.15, -0.1) is 11.3 Å². The Morgan fingerprint density at radius 2 is 1.88 bits per heavy atom. The molecule has 0 unspecified atom stereocenters. The lowest BCUT2D eigenvalue weighted by molar-refractivity contribution is -0.121. The molecule has 174 valence electrons. The van der Waals surface area contributed by atoms with Gasteiger partial charge in [0.2, 0.25) is 15.9 Å². The number of ether oxygens (including phenoxy) is 1. The average Bonchev–Trinajstić information content (AvgIpc) is 3.34. The summed E-state index contributed by atoms with van der Waals surface area (Å²) in [5, 5.41) is 4.73. The molecule has 0 radical (unpaired) electrons. The fourth-order valence-electron chi connectivity index (χ4n) is 3.47. The third kappa shape index (κ3) is 6.61. The molecule has 2 amide bonds. The number of piperidine rings is 1. The van der Waals surface area contributed by atoms with Gasteiger partial charge in [0.25, 0.3) is 5.91 Å². The number of anilines is 1. The van der Waals surface area contributed by atoms with Crippen molar-refractivity contribution in [3.05, 3.63) is 46.7 Å². The zero-order valence-electron chi connectivity index (χ0n) is 18.1. The highest BCUT2D eigenvalue weighted by molar-refractivity contribution is 7.89. The molecule has 8 nitrogen and oxygen atoms in total. The monoisotopic (exact) mass is 479 g/mol. The van der Waals surface area contributed by atoms with Crippen molar-refractivity contribution in [2.75, 3.05) is 38.2 Å². The van der Waals surface area contributed by atoms with E-state index in [9.17, 15) is 18.0 Å². The molecule has 1 aromatic carbocycles. The van der Waals surface area contributed by atoms with Gasteiger partial charge in [-0.2, -0.15) is 0 Å². The van der Waals surface area contributed by atoms with E-state index in [1.54, 1.807) is 17.0 Å². The van der Waals surface area contributed by atoms with Crippen molar-refractivity contribution >= 4 is 38.9 Å². The molecule has 2 aromatic rings. The summed E-state index contributed by atoms with van der Waals surface area (Å²) in [7, 11) is -3.60. The summed E-state index contributed by atoms with van der Waals surface area (Å²) in [4.78, 5) is 27.7. The number of nitrogens with zero attached hydrogens (tertiary/aromatic N) is 1. The number of carbonyl (C=O) groups is 2. The van der Waals surface area contributed by atoms with Crippen LogP contribution in [0.15, 0.2) is 46.7 Å². The second-order valence-corrected chi connectivity index (χ2v) is 10.2. The predicted molar refractivity (Wildman–Crippen MR) is 124 cm³/mol. The Balaban J connectivity index is 1.47. The van der Waals surface area contributed by atoms with E-state index in [1.807, 2.05) is 24.4 Å². The molecule has 1 fully saturated rings. The number of hydrogen-bond donors (Lipinski definition) is 2. The van der Waals surface area contributed by atoms with Gasteiger partial charge < -0.3 is 15.0 Å². The van der Waals surface area contributed by atoms with Crippen LogP contribution in [0.4, 0.5) is 5.69 Å². The van der Waals surface area contributed by atoms with Crippen LogP contribution in [0.2, 0.25) is 0 Å². The van der Waals surface area contributed by atoms with E-state index in [-0.39, 0.29) is 22.6 Å². The Kier molecular flexibility index (Phi) is 8.80. The molecule has 3 rings (SSSR count). The van der Waals surface area contributed by atoms with Crippen LogP contribution >= 0.6 is 11.3 Å². The quantitative estimate of drug-likeness (QED) is 0.510. The molecule has 0 saturated carbocycles. The van der Waals surface area contributed by atoms with E-state index in [2.05, 4.69) is 10.0 Å². The first-order valence-electron chi connectivity index (χ1n) is 10.7. The predicted octanol–water partition coefficient (Wildman–Crippen LogP) is 2.94. The highest BCUT2D eigenvalue weighted by atomic mass is 32.2. The molecular formula is C22H29N3O5S2. The molecular weight excluding hydrogens is 450 g/mol. The number of sulfonamides is 1. The van der Waals surface area contributed by atoms with Crippen LogP contribution in [0.25, 0.3) is 0 Å². The van der Waals surface area contributed by atoms with E-state index < -0.39 is 10.0 Å². The Hall–Kier alpha value is -2.27. The van der Waals surface area contributed by atoms with Crippen molar-refractivity contribution < 1.29 is 22.7 Å². The van der Waals surface area contributed by atoms with Gasteiger partial charge in [0, 0.05) is 44.5 Å². The molecule has 1 saturated heterocycles. The number of hydrogen-bond acceptors (Lipinski definition) is 6. The maximum atomic E-state index is 12.6. The van der Waals surface area contributed by atoms with Gasteiger partial charge in [0.05, 0.1) is 9.77 Å². The number of rotatable bonds is 10. The SMILES string of the molecule is CCOCCCNS(=O)(=O)c1ccc(NC(=O)C2CCN(C(=O)c3cccs3)CC2)cc1. The van der Waals surface area contributed by atoms with E-state index in [0.717, 1.165) is 0 Å². The minimum atomic E-state index is -3.60. The van der Waals surface area contributed by atoms with Crippen LogP contribution in [-0.4, -0.2) is 58.0 Å². The smallest absolute Gasteiger partial charge is 0.263 e. The highest BCUT2D eigenvalue weighted by Crippen LogP contribution is 2.23. The summed E-state index contributed by atoms with van der Waals surface area (Å²) in [5.74, 6) is -0.280. The Labute approximate surface area is 193 Å². The normalized spacial score (nSPS) is 15.0. The number of carbonyl (C=O) groups excluding carboxylic acids is 2. The molecule has 1 aliphatic rings. The summed E-state index contributed by atoms with van der Waals surface area (Å²) in [6, 6.07) is 9.79. The standard InChI is InChI=1S/C22H29N3O5S2/c1-2-30-15-4-12-23-32(28,29)19-8-6-18(7-9-19)24-21(26)17-10-13-25(14-11-17)22(27)20-5-3-16-31-20/h3,5-9,16-17,23H,2,4,10-15H2,1H3,(H,24,26). The van der Waals surface area contributed by atoms with Crippen LogP contribution in [-0.2, 0) is 19.6 Å². The van der Waals surface area contributed by atoms with Crippen LogP contribution in [0, 0.1) is 5.92 Å². The molecule has 1 aliphatic heterocycles. The Bertz CT molecular complexity index is 983. The van der Waals surface area contributed by atoms with E-state index in [0.29, 0.717) is 62.7 Å². The van der Waals surface area contributed by atoms with Crippen molar-refractivity contribution in [1.82, 2.24) is 9.62 Å². The third-order valence-electron chi connectivity index (χ3n) is 5.28. The van der Waals surface area contributed by atoms with Crippen molar-refractivity contribution in [3.63, 3.8) is 0 Å². The maximum Gasteiger partial charge on any atom is 0.263 e. The van der Waals surface area contributed by atoms with Crippen LogP contribution < -0.4 is 10.0 Å². The lowest BCUT2D eigenvalue weighted by Crippen LogP contribution is -2.41. The molecule has 32 heavy (non-hydrogen) atoms. The lowest BCUT2D eigenvalue weighted by Gasteiger charge is -2.31. The minimum Gasteiger partial charge on any atom is -0.382 e. The fourth-order valence-corrected chi connectivity index (χ4v) is 5.24. The van der Waals surface area contributed by atoms with Crippen molar-refractivity contribution in [2.24, 2.45) is 5.92 Å². The molecule has 2 heterocycles. The topological polar surface area (TPSA) is 105 Å². The molecule has 1 aromatic heterocycles. The maximum absolute atomic E-state index is 12.6. The molecule has 0 atom stereocenters. The zero-order chi connectivity index (χ0) is 23.0. The first-order chi connectivity index (χ1) is 15.4. The number of thiophene rings is 1. The summed E-state index contributed by atoms with van der Waals surface area (Å²) in [6.07, 6.45) is 1.79. The Morgan fingerprint density at radius 1 is 1.16 bits per heavy atom. The van der Waals surface area contributed by atoms with Gasteiger partial charge in [-0.05, 0) is 61.9 Å². The van der Waals surface area contributed by atoms with Gasteiger partial charge in [-0.25, -0.2) is 13.1 Å². The average molecular weight is 480 g/mol. The van der Waals surface area contributed by atoms with Crippen molar-refractivity contribution in [1.29, 1.82) is 0 Å². The van der Waals surface area contributed by atoms with E-state index >= 15 is 0 Å². The van der Waals surface area contributed by atoms with E-state index in [4.69, 9.17) is 4.74 Å². The minimum absolute atomic E-state index is 0.0159. The first-order valence-corrected chi connectivity index (χ1v) is 13.1. The molecule has 0 spiro atoms. The van der Waals surface area contributed by atoms with Crippen molar-refractivity contribution in [3.8, 4) is 0 Å². The summed E-state index contributed by atoms with van der Waals surface area (Å²) < 4.78 is 32.4. The fraction of sp³-hybridized carbons (Fsp3) is 0.455. The van der Waals surface area contributed by atoms with Crippen LogP contribution in [0.5, 0.6) is 0 Å². The van der Waals surface area contributed by atoms with E-state index in [1.165, 1.54) is 23.5 Å². The molecule has 10 heteroatoms. The van der Waals surface area contributed by atoms with Crippen LogP contribution in [0.3, 0.4) is 0 Å². The van der Waals surface area contributed by atoms with Gasteiger partial charge in [-0.1, -0.05) is 6.07 Å². The largest absolute Gasteiger partial charge is 0.382 e. The number of nitrogens with one attached hydrogen (secondary N) is 2. The lowest BCUT2D eigenvalue weighted by atomic mass is 9.95. The Morgan fingerprint density at radius 3 is 2.50 bits per heavy atom. The van der Waals surface area contributed by atoms with Gasteiger partial charge in [-0.3, -0.25) is 9.59 Å². The molecule has 2 N–H and O–H groups in total. The first kappa shape index (κ1) is 24.4. The molecule has 0 aliphatic carbocycles. The van der Waals surface area contributed by atoms with Crippen LogP contribution in [0.1, 0.15) is 35.9 Å². The summed E-state index contributed by atoms with van der Waals surface area (Å²) in [6.45, 7) is 4.38. The van der Waals surface area contributed by atoms with Gasteiger partial charge in [0.15, 0.2) is 0 Å². The number of benzene rings is 1. The number of amides is 2. The third-order valence-corrected chi connectivity index (χ3v) is 7.61. The summed E-state index contributed by atoms with van der Waals surface area (Å²) in [5.41, 5.74) is 0.544. The zero-order valence-corrected chi connectivity index (χ0v) is 19.7. The van der Waals surface area contributed by atoms with Gasteiger partial charge in [0.1, 0.15) is 0 Å². The van der Waals surface area contributed by atoms with Gasteiger partial charge >= 0.3 is 0 Å². The second kappa shape index (κ2) is 11.6. The second-order valence-electron chi connectivity index (χ2n) is 7.51. The highest BCUT2D eigenvalue weighted by Gasteiger charge is 2.28. The number of likely N-dealkylation sites (tertiary alicyclic amines) is 1. The van der Waals surface area contributed by atoms with Crippen molar-refractivity contribution in [2.45, 2.75) is 31.1 Å². The summed E-state index contributed by atoms with van der Waals surface area (Å²) >= 11 is 1.42. The molecule has 0 bridgehead atoms.